The summed E-state index contributed by atoms with van der Waals surface area (Å²) in [6, 6.07) is 14.6. The third kappa shape index (κ3) is 2.96. The predicted octanol–water partition coefficient (Wildman–Crippen LogP) is 3.55. The molecule has 114 valence electrons. The normalized spacial score (nSPS) is 11.4. The lowest BCUT2D eigenvalue weighted by Gasteiger charge is -2.12. The minimum Gasteiger partial charge on any atom is -0.396 e. The Balaban J connectivity index is 2.07. The Morgan fingerprint density at radius 2 is 1.82 bits per heavy atom. The van der Waals surface area contributed by atoms with Gasteiger partial charge in [-0.1, -0.05) is 30.7 Å². The molecule has 0 saturated heterocycles. The van der Waals surface area contributed by atoms with Crippen LogP contribution in [0.5, 0.6) is 0 Å². The maximum absolute atomic E-state index is 8.92. The van der Waals surface area contributed by atoms with Gasteiger partial charge in [-0.25, -0.2) is 4.98 Å². The lowest BCUT2D eigenvalue weighted by atomic mass is 9.95. The van der Waals surface area contributed by atoms with E-state index in [2.05, 4.69) is 24.3 Å². The summed E-state index contributed by atoms with van der Waals surface area (Å²) in [6.45, 7) is 0.823. The van der Waals surface area contributed by atoms with Crippen LogP contribution in [0.2, 0.25) is 0 Å². The van der Waals surface area contributed by atoms with Crippen molar-refractivity contribution in [3.63, 3.8) is 0 Å². The van der Waals surface area contributed by atoms with E-state index in [4.69, 9.17) is 15.8 Å². The molecule has 0 saturated carbocycles. The summed E-state index contributed by atoms with van der Waals surface area (Å²) in [6.07, 6.45) is 3.96. The fourth-order valence-corrected chi connectivity index (χ4v) is 3.03. The number of para-hydroxylation sites is 1. The van der Waals surface area contributed by atoms with Gasteiger partial charge in [0, 0.05) is 23.9 Å². The van der Waals surface area contributed by atoms with Crippen molar-refractivity contribution in [3.05, 3.63) is 53.6 Å². The summed E-state index contributed by atoms with van der Waals surface area (Å²) >= 11 is 0. The number of aliphatic hydroxyl groups is 1. The fraction of sp³-hybridized carbons (Fsp3) is 0.316. The Bertz CT molecular complexity index is 783. The van der Waals surface area contributed by atoms with Crippen LogP contribution in [-0.4, -0.2) is 16.7 Å². The first-order chi connectivity index (χ1) is 10.8. The SMILES string of the molecule is NCc1ccc2nc3ccccc3cc2c1CCCCCO. The van der Waals surface area contributed by atoms with Crippen molar-refractivity contribution in [3.8, 4) is 0 Å². The van der Waals surface area contributed by atoms with E-state index in [1.165, 1.54) is 21.9 Å². The summed E-state index contributed by atoms with van der Waals surface area (Å²) in [4.78, 5) is 4.78. The summed E-state index contributed by atoms with van der Waals surface area (Å²) in [7, 11) is 0. The molecular formula is C19H22N2O. The Morgan fingerprint density at radius 1 is 0.955 bits per heavy atom. The van der Waals surface area contributed by atoms with Gasteiger partial charge >= 0.3 is 0 Å². The number of hydrogen-bond donors (Lipinski definition) is 2. The molecule has 0 unspecified atom stereocenters. The van der Waals surface area contributed by atoms with Crippen molar-refractivity contribution in [1.29, 1.82) is 0 Å². The molecule has 0 amide bonds. The van der Waals surface area contributed by atoms with Crippen LogP contribution in [0.4, 0.5) is 0 Å². The third-order valence-electron chi connectivity index (χ3n) is 4.21. The zero-order chi connectivity index (χ0) is 15.4. The number of pyridine rings is 1. The van der Waals surface area contributed by atoms with Crippen LogP contribution >= 0.6 is 0 Å². The molecule has 0 aliphatic carbocycles. The number of benzene rings is 2. The van der Waals surface area contributed by atoms with Crippen LogP contribution in [0.25, 0.3) is 21.8 Å². The Morgan fingerprint density at radius 3 is 2.64 bits per heavy atom. The molecule has 3 aromatic rings. The van der Waals surface area contributed by atoms with Crippen molar-refractivity contribution < 1.29 is 5.11 Å². The largest absolute Gasteiger partial charge is 0.396 e. The van der Waals surface area contributed by atoms with Crippen LogP contribution in [0.3, 0.4) is 0 Å². The number of nitrogens with zero attached hydrogens (tertiary/aromatic N) is 1. The molecule has 0 bridgehead atoms. The van der Waals surface area contributed by atoms with Gasteiger partial charge in [-0.3, -0.25) is 0 Å². The van der Waals surface area contributed by atoms with Gasteiger partial charge in [-0.05, 0) is 48.6 Å². The summed E-state index contributed by atoms with van der Waals surface area (Å²) in [5.41, 5.74) is 10.5. The highest BCUT2D eigenvalue weighted by molar-refractivity contribution is 5.94. The fourth-order valence-electron chi connectivity index (χ4n) is 3.03. The molecule has 0 atom stereocenters. The van der Waals surface area contributed by atoms with E-state index < -0.39 is 0 Å². The standard InChI is InChI=1S/C19H22N2O/c20-13-15-9-10-19-17(16(15)7-2-1-5-11-22)12-14-6-3-4-8-18(14)21-19/h3-4,6,8-10,12,22H,1-2,5,7,11,13,20H2. The smallest absolute Gasteiger partial charge is 0.0712 e. The molecule has 0 spiro atoms. The van der Waals surface area contributed by atoms with Gasteiger partial charge in [0.15, 0.2) is 0 Å². The number of nitrogens with two attached hydrogens (primary N) is 1. The van der Waals surface area contributed by atoms with Crippen molar-refractivity contribution >= 4 is 21.8 Å². The molecule has 0 aliphatic heterocycles. The lowest BCUT2D eigenvalue weighted by molar-refractivity contribution is 0.283. The summed E-state index contributed by atoms with van der Waals surface area (Å²) in [5.74, 6) is 0. The van der Waals surface area contributed by atoms with E-state index in [0.29, 0.717) is 6.54 Å². The number of fused-ring (bicyclic) bond motifs is 2. The first kappa shape index (κ1) is 14.9. The summed E-state index contributed by atoms with van der Waals surface area (Å²) < 4.78 is 0. The van der Waals surface area contributed by atoms with E-state index in [1.807, 2.05) is 18.2 Å². The van der Waals surface area contributed by atoms with Gasteiger partial charge in [0.05, 0.1) is 11.0 Å². The number of aliphatic hydroxyl groups excluding tert-OH is 1. The minimum atomic E-state index is 0.269. The molecule has 0 radical (unpaired) electrons. The molecule has 3 N–H and O–H groups in total. The van der Waals surface area contributed by atoms with Crippen LogP contribution < -0.4 is 5.73 Å². The molecular weight excluding hydrogens is 272 g/mol. The number of aryl methyl sites for hydroxylation is 1. The average Bonchev–Trinajstić information content (AvgIpc) is 2.56. The Hall–Kier alpha value is -1.97. The van der Waals surface area contributed by atoms with Crippen LogP contribution in [-0.2, 0) is 13.0 Å². The molecule has 22 heavy (non-hydrogen) atoms. The summed E-state index contributed by atoms with van der Waals surface area (Å²) in [5, 5.41) is 11.3. The van der Waals surface area contributed by atoms with Crippen molar-refractivity contribution in [2.24, 2.45) is 5.73 Å². The highest BCUT2D eigenvalue weighted by Crippen LogP contribution is 2.26. The molecule has 2 aromatic carbocycles. The van der Waals surface area contributed by atoms with Gasteiger partial charge in [0.1, 0.15) is 0 Å². The van der Waals surface area contributed by atoms with Crippen molar-refractivity contribution in [1.82, 2.24) is 4.98 Å². The van der Waals surface area contributed by atoms with Gasteiger partial charge < -0.3 is 10.8 Å². The van der Waals surface area contributed by atoms with Crippen LogP contribution in [0, 0.1) is 0 Å². The van der Waals surface area contributed by atoms with Gasteiger partial charge in [0.2, 0.25) is 0 Å². The number of aromatic nitrogens is 1. The topological polar surface area (TPSA) is 59.1 Å². The van der Waals surface area contributed by atoms with Gasteiger partial charge in [-0.2, -0.15) is 0 Å². The Kier molecular flexibility index (Phi) is 4.66. The maximum Gasteiger partial charge on any atom is 0.0712 e. The van der Waals surface area contributed by atoms with E-state index >= 15 is 0 Å². The van der Waals surface area contributed by atoms with Crippen LogP contribution in [0.15, 0.2) is 42.5 Å². The van der Waals surface area contributed by atoms with Gasteiger partial charge in [0.25, 0.3) is 0 Å². The molecule has 3 rings (SSSR count). The number of hydrogen-bond acceptors (Lipinski definition) is 3. The molecule has 1 heterocycles. The second kappa shape index (κ2) is 6.86. The van der Waals surface area contributed by atoms with Crippen LogP contribution in [0.1, 0.15) is 30.4 Å². The Labute approximate surface area is 130 Å². The van der Waals surface area contributed by atoms with E-state index in [0.717, 1.165) is 36.7 Å². The third-order valence-corrected chi connectivity index (χ3v) is 4.21. The van der Waals surface area contributed by atoms with Gasteiger partial charge in [-0.15, -0.1) is 0 Å². The lowest BCUT2D eigenvalue weighted by Crippen LogP contribution is -2.03. The minimum absolute atomic E-state index is 0.269. The quantitative estimate of drug-likeness (QED) is 0.540. The average molecular weight is 294 g/mol. The first-order valence-corrected chi connectivity index (χ1v) is 7.94. The number of rotatable bonds is 6. The predicted molar refractivity (Wildman–Crippen MR) is 91.8 cm³/mol. The monoisotopic (exact) mass is 294 g/mol. The highest BCUT2D eigenvalue weighted by atomic mass is 16.2. The number of unbranched alkanes of at least 4 members (excludes halogenated alkanes) is 2. The van der Waals surface area contributed by atoms with E-state index in [-0.39, 0.29) is 6.61 Å². The molecule has 0 aliphatic rings. The van der Waals surface area contributed by atoms with Crippen molar-refractivity contribution in [2.75, 3.05) is 6.61 Å². The zero-order valence-corrected chi connectivity index (χ0v) is 12.8. The highest BCUT2D eigenvalue weighted by Gasteiger charge is 2.09. The molecule has 1 aromatic heterocycles. The zero-order valence-electron chi connectivity index (χ0n) is 12.8. The first-order valence-electron chi connectivity index (χ1n) is 7.94. The van der Waals surface area contributed by atoms with E-state index in [1.54, 1.807) is 0 Å². The molecule has 3 heteroatoms. The van der Waals surface area contributed by atoms with E-state index in [9.17, 15) is 0 Å². The molecule has 3 nitrogen and oxygen atoms in total. The van der Waals surface area contributed by atoms with Crippen molar-refractivity contribution in [2.45, 2.75) is 32.2 Å². The maximum atomic E-state index is 8.92. The second-order valence-corrected chi connectivity index (χ2v) is 5.69. The second-order valence-electron chi connectivity index (χ2n) is 5.69. The molecule has 0 fully saturated rings.